The molecule has 0 aliphatic carbocycles. The summed E-state index contributed by atoms with van der Waals surface area (Å²) in [6, 6.07) is 4.04. The number of hydrogen-bond acceptors (Lipinski definition) is 4. The molecule has 7 heteroatoms. The quantitative estimate of drug-likeness (QED) is 0.899. The molecule has 0 bridgehead atoms. The van der Waals surface area contributed by atoms with Crippen LogP contribution in [-0.4, -0.2) is 16.1 Å². The van der Waals surface area contributed by atoms with Crippen molar-refractivity contribution in [3.05, 3.63) is 40.1 Å². The zero-order chi connectivity index (χ0) is 12.4. The molecule has 0 saturated heterocycles. The molecular formula is C10H6ClFN2O2S. The van der Waals surface area contributed by atoms with Gasteiger partial charge in [-0.05, 0) is 18.2 Å². The SMILES string of the molecule is O=C(O)c1csc(Nc2cc(Cl)ccc2F)n1. The van der Waals surface area contributed by atoms with Crippen LogP contribution in [-0.2, 0) is 0 Å². The summed E-state index contributed by atoms with van der Waals surface area (Å²) in [5, 5.41) is 13.4. The van der Waals surface area contributed by atoms with E-state index in [1.54, 1.807) is 0 Å². The number of benzene rings is 1. The van der Waals surface area contributed by atoms with Crippen molar-refractivity contribution in [2.75, 3.05) is 5.32 Å². The summed E-state index contributed by atoms with van der Waals surface area (Å²) < 4.78 is 13.4. The number of thiazole rings is 1. The van der Waals surface area contributed by atoms with Crippen LogP contribution in [0.2, 0.25) is 5.02 Å². The van der Waals surface area contributed by atoms with Crippen molar-refractivity contribution in [3.63, 3.8) is 0 Å². The number of carbonyl (C=O) groups is 1. The summed E-state index contributed by atoms with van der Waals surface area (Å²) in [6.07, 6.45) is 0. The van der Waals surface area contributed by atoms with Gasteiger partial charge in [0, 0.05) is 10.4 Å². The third kappa shape index (κ3) is 2.72. The van der Waals surface area contributed by atoms with E-state index >= 15 is 0 Å². The number of rotatable bonds is 3. The molecule has 0 amide bonds. The van der Waals surface area contributed by atoms with Crippen molar-refractivity contribution in [2.24, 2.45) is 0 Å². The van der Waals surface area contributed by atoms with Gasteiger partial charge in [0.25, 0.3) is 0 Å². The van der Waals surface area contributed by atoms with E-state index in [-0.39, 0.29) is 11.4 Å². The van der Waals surface area contributed by atoms with Gasteiger partial charge in [-0.3, -0.25) is 0 Å². The Hall–Kier alpha value is -1.66. The number of hydrogen-bond donors (Lipinski definition) is 2. The van der Waals surface area contributed by atoms with Crippen LogP contribution in [0.1, 0.15) is 10.5 Å². The van der Waals surface area contributed by atoms with Crippen molar-refractivity contribution in [3.8, 4) is 0 Å². The molecule has 0 aliphatic rings. The second-order valence-electron chi connectivity index (χ2n) is 3.09. The van der Waals surface area contributed by atoms with Crippen LogP contribution in [0.4, 0.5) is 15.2 Å². The standard InChI is InChI=1S/C10H6ClFN2O2S/c11-5-1-2-6(12)7(3-5)13-10-14-8(4-17-10)9(15)16/h1-4H,(H,13,14)(H,15,16). The number of carboxylic acid groups (broad SMARTS) is 1. The largest absolute Gasteiger partial charge is 0.476 e. The monoisotopic (exact) mass is 272 g/mol. The van der Waals surface area contributed by atoms with Gasteiger partial charge in [0.1, 0.15) is 5.82 Å². The zero-order valence-electron chi connectivity index (χ0n) is 8.28. The maximum atomic E-state index is 13.4. The Bertz CT molecular complexity index is 573. The summed E-state index contributed by atoms with van der Waals surface area (Å²) in [5.74, 6) is -1.61. The highest BCUT2D eigenvalue weighted by Crippen LogP contribution is 2.25. The van der Waals surface area contributed by atoms with Gasteiger partial charge in [-0.2, -0.15) is 0 Å². The van der Waals surface area contributed by atoms with Gasteiger partial charge >= 0.3 is 5.97 Å². The maximum Gasteiger partial charge on any atom is 0.355 e. The predicted octanol–water partition coefficient (Wildman–Crippen LogP) is 3.38. The van der Waals surface area contributed by atoms with Crippen LogP contribution in [0, 0.1) is 5.82 Å². The third-order valence-corrected chi connectivity index (χ3v) is 2.89. The first-order chi connectivity index (χ1) is 8.06. The molecule has 4 nitrogen and oxygen atoms in total. The first-order valence-electron chi connectivity index (χ1n) is 4.47. The highest BCUT2D eigenvalue weighted by atomic mass is 35.5. The summed E-state index contributed by atoms with van der Waals surface area (Å²) >= 11 is 6.80. The molecule has 1 heterocycles. The average molecular weight is 273 g/mol. The molecule has 0 unspecified atom stereocenters. The van der Waals surface area contributed by atoms with E-state index in [0.29, 0.717) is 10.2 Å². The Labute approximate surface area is 105 Å². The van der Waals surface area contributed by atoms with Crippen LogP contribution >= 0.6 is 22.9 Å². The molecule has 0 atom stereocenters. The summed E-state index contributed by atoms with van der Waals surface area (Å²) in [7, 11) is 0. The average Bonchev–Trinajstić information content (AvgIpc) is 2.72. The van der Waals surface area contributed by atoms with Gasteiger partial charge in [-0.1, -0.05) is 11.6 Å². The molecule has 2 N–H and O–H groups in total. The number of nitrogens with one attached hydrogen (secondary N) is 1. The first-order valence-corrected chi connectivity index (χ1v) is 5.73. The van der Waals surface area contributed by atoms with Crippen molar-refractivity contribution in [1.82, 2.24) is 4.98 Å². The first kappa shape index (κ1) is 11.8. The number of nitrogens with zero attached hydrogens (tertiary/aromatic N) is 1. The van der Waals surface area contributed by atoms with Crippen LogP contribution in [0.15, 0.2) is 23.6 Å². The lowest BCUT2D eigenvalue weighted by Crippen LogP contribution is -1.98. The minimum absolute atomic E-state index is 0.0834. The molecule has 0 saturated carbocycles. The topological polar surface area (TPSA) is 62.2 Å². The number of carboxylic acids is 1. The molecule has 2 rings (SSSR count). The molecule has 1 aromatic carbocycles. The molecule has 0 spiro atoms. The molecule has 0 fully saturated rings. The fourth-order valence-corrected chi connectivity index (χ4v) is 2.01. The van der Waals surface area contributed by atoms with Crippen molar-refractivity contribution >= 4 is 39.7 Å². The van der Waals surface area contributed by atoms with E-state index in [4.69, 9.17) is 16.7 Å². The molecule has 17 heavy (non-hydrogen) atoms. The zero-order valence-corrected chi connectivity index (χ0v) is 9.85. The van der Waals surface area contributed by atoms with Gasteiger partial charge in [0.2, 0.25) is 0 Å². The van der Waals surface area contributed by atoms with E-state index in [2.05, 4.69) is 10.3 Å². The normalized spacial score (nSPS) is 10.2. The van der Waals surface area contributed by atoms with E-state index in [1.807, 2.05) is 0 Å². The van der Waals surface area contributed by atoms with Crippen LogP contribution in [0.3, 0.4) is 0 Å². The Morgan fingerprint density at radius 2 is 2.29 bits per heavy atom. The number of halogens is 2. The van der Waals surface area contributed by atoms with Gasteiger partial charge in [-0.25, -0.2) is 14.2 Å². The van der Waals surface area contributed by atoms with Crippen molar-refractivity contribution in [1.29, 1.82) is 0 Å². The van der Waals surface area contributed by atoms with E-state index in [0.717, 1.165) is 11.3 Å². The van der Waals surface area contributed by atoms with Gasteiger partial charge in [0.15, 0.2) is 10.8 Å². The fourth-order valence-electron chi connectivity index (χ4n) is 1.14. The second kappa shape index (κ2) is 4.68. The lowest BCUT2D eigenvalue weighted by Gasteiger charge is -2.04. The van der Waals surface area contributed by atoms with Crippen molar-refractivity contribution in [2.45, 2.75) is 0 Å². The molecule has 0 aliphatic heterocycles. The van der Waals surface area contributed by atoms with Crippen LogP contribution in [0.5, 0.6) is 0 Å². The molecule has 1 aromatic heterocycles. The molecule has 0 radical (unpaired) electrons. The van der Waals surface area contributed by atoms with E-state index in [9.17, 15) is 9.18 Å². The lowest BCUT2D eigenvalue weighted by molar-refractivity contribution is 0.0691. The van der Waals surface area contributed by atoms with E-state index in [1.165, 1.54) is 23.6 Å². The van der Waals surface area contributed by atoms with Gasteiger partial charge in [-0.15, -0.1) is 11.3 Å². The number of aromatic carboxylic acids is 1. The highest BCUT2D eigenvalue weighted by molar-refractivity contribution is 7.14. The predicted molar refractivity (Wildman–Crippen MR) is 63.8 cm³/mol. The molecular weight excluding hydrogens is 267 g/mol. The minimum atomic E-state index is -1.12. The fraction of sp³-hybridized carbons (Fsp3) is 0. The van der Waals surface area contributed by atoms with Crippen LogP contribution < -0.4 is 5.32 Å². The van der Waals surface area contributed by atoms with Gasteiger partial charge < -0.3 is 10.4 Å². The van der Waals surface area contributed by atoms with E-state index < -0.39 is 11.8 Å². The Morgan fingerprint density at radius 1 is 1.53 bits per heavy atom. The lowest BCUT2D eigenvalue weighted by atomic mass is 10.3. The third-order valence-electron chi connectivity index (χ3n) is 1.89. The molecule has 2 aromatic rings. The summed E-state index contributed by atoms with van der Waals surface area (Å²) in [6.45, 7) is 0. The number of aromatic nitrogens is 1. The Morgan fingerprint density at radius 3 is 2.94 bits per heavy atom. The summed E-state index contributed by atoms with van der Waals surface area (Å²) in [4.78, 5) is 14.4. The second-order valence-corrected chi connectivity index (χ2v) is 4.39. The summed E-state index contributed by atoms with van der Waals surface area (Å²) in [5.41, 5.74) is 0.0729. The Balaban J connectivity index is 2.25. The molecule has 88 valence electrons. The maximum absolute atomic E-state index is 13.4. The Kier molecular flexibility index (Phi) is 3.26. The van der Waals surface area contributed by atoms with Gasteiger partial charge in [0.05, 0.1) is 5.69 Å². The minimum Gasteiger partial charge on any atom is -0.476 e. The smallest absolute Gasteiger partial charge is 0.355 e. The van der Waals surface area contributed by atoms with Crippen LogP contribution in [0.25, 0.3) is 0 Å². The highest BCUT2D eigenvalue weighted by Gasteiger charge is 2.10. The van der Waals surface area contributed by atoms with Crippen molar-refractivity contribution < 1.29 is 14.3 Å². The number of anilines is 2.